The zero-order valence-corrected chi connectivity index (χ0v) is 10.7. The van der Waals surface area contributed by atoms with E-state index in [1.165, 1.54) is 0 Å². The van der Waals surface area contributed by atoms with Gasteiger partial charge in [0.1, 0.15) is 0 Å². The molecule has 3 heteroatoms. The topological polar surface area (TPSA) is 29.1 Å². The summed E-state index contributed by atoms with van der Waals surface area (Å²) in [5, 5.41) is 2.94. The van der Waals surface area contributed by atoms with Gasteiger partial charge >= 0.3 is 0 Å². The lowest BCUT2D eigenvalue weighted by Gasteiger charge is -2.11. The normalized spacial score (nSPS) is 12.2. The highest BCUT2D eigenvalue weighted by molar-refractivity contribution is 9.10. The van der Waals surface area contributed by atoms with Gasteiger partial charge in [0.05, 0.1) is 6.42 Å². The Hall–Kier alpha value is -0.830. The van der Waals surface area contributed by atoms with Crippen LogP contribution in [0.4, 0.5) is 0 Å². The Balaban J connectivity index is 2.51. The molecule has 0 unspecified atom stereocenters. The van der Waals surface area contributed by atoms with Crippen molar-refractivity contribution in [1.29, 1.82) is 0 Å². The molecule has 0 aliphatic rings. The molecular formula is C12H16BrNO. The van der Waals surface area contributed by atoms with Crippen LogP contribution < -0.4 is 5.32 Å². The van der Waals surface area contributed by atoms with Gasteiger partial charge in [-0.05, 0) is 31.0 Å². The standard InChI is InChI=1S/C12H16BrNO/c1-3-9(2)14-12(15)8-10-5-4-6-11(13)7-10/h4-7,9H,3,8H2,1-2H3,(H,14,15)/t9-/m0/s1. The van der Waals surface area contributed by atoms with Crippen molar-refractivity contribution in [3.8, 4) is 0 Å². The van der Waals surface area contributed by atoms with E-state index in [1.807, 2.05) is 31.2 Å². The summed E-state index contributed by atoms with van der Waals surface area (Å²) in [4.78, 5) is 11.6. The second kappa shape index (κ2) is 5.91. The Morgan fingerprint density at radius 1 is 1.53 bits per heavy atom. The molecule has 0 aliphatic carbocycles. The fourth-order valence-corrected chi connectivity index (χ4v) is 1.71. The number of carbonyl (C=O) groups is 1. The Bertz CT molecular complexity index is 338. The minimum Gasteiger partial charge on any atom is -0.353 e. The second-order valence-corrected chi connectivity index (χ2v) is 4.60. The first-order chi connectivity index (χ1) is 7.11. The van der Waals surface area contributed by atoms with Gasteiger partial charge in [-0.1, -0.05) is 35.0 Å². The number of hydrogen-bond donors (Lipinski definition) is 1. The third kappa shape index (κ3) is 4.47. The van der Waals surface area contributed by atoms with Crippen LogP contribution in [0.15, 0.2) is 28.7 Å². The quantitative estimate of drug-likeness (QED) is 0.895. The van der Waals surface area contributed by atoms with E-state index in [-0.39, 0.29) is 11.9 Å². The summed E-state index contributed by atoms with van der Waals surface area (Å²) in [7, 11) is 0. The summed E-state index contributed by atoms with van der Waals surface area (Å²) in [5.41, 5.74) is 1.03. The zero-order valence-electron chi connectivity index (χ0n) is 9.09. The highest BCUT2D eigenvalue weighted by Crippen LogP contribution is 2.11. The summed E-state index contributed by atoms with van der Waals surface area (Å²) in [6.07, 6.45) is 1.41. The largest absolute Gasteiger partial charge is 0.353 e. The van der Waals surface area contributed by atoms with Crippen LogP contribution >= 0.6 is 15.9 Å². The van der Waals surface area contributed by atoms with Gasteiger partial charge in [-0.2, -0.15) is 0 Å². The Morgan fingerprint density at radius 3 is 2.87 bits per heavy atom. The Kier molecular flexibility index (Phi) is 4.82. The van der Waals surface area contributed by atoms with Crippen molar-refractivity contribution >= 4 is 21.8 Å². The van der Waals surface area contributed by atoms with E-state index in [1.54, 1.807) is 0 Å². The number of halogens is 1. The fraction of sp³-hybridized carbons (Fsp3) is 0.417. The molecule has 0 aliphatic heterocycles. The number of carbonyl (C=O) groups excluding carboxylic acids is 1. The Labute approximate surface area is 99.2 Å². The molecule has 0 saturated heterocycles. The molecule has 2 nitrogen and oxygen atoms in total. The van der Waals surface area contributed by atoms with Crippen molar-refractivity contribution in [3.63, 3.8) is 0 Å². The van der Waals surface area contributed by atoms with Gasteiger partial charge in [-0.25, -0.2) is 0 Å². The number of nitrogens with one attached hydrogen (secondary N) is 1. The van der Waals surface area contributed by atoms with Crippen LogP contribution in [0.3, 0.4) is 0 Å². The van der Waals surface area contributed by atoms with Crippen molar-refractivity contribution in [1.82, 2.24) is 5.32 Å². The van der Waals surface area contributed by atoms with E-state index in [9.17, 15) is 4.79 Å². The average molecular weight is 270 g/mol. The summed E-state index contributed by atoms with van der Waals surface area (Å²) < 4.78 is 1.01. The fourth-order valence-electron chi connectivity index (χ4n) is 1.26. The molecule has 0 heterocycles. The summed E-state index contributed by atoms with van der Waals surface area (Å²) >= 11 is 3.38. The maximum atomic E-state index is 11.6. The average Bonchev–Trinajstić information content (AvgIpc) is 2.17. The van der Waals surface area contributed by atoms with Crippen LogP contribution in [-0.2, 0) is 11.2 Å². The van der Waals surface area contributed by atoms with Crippen molar-refractivity contribution in [2.75, 3.05) is 0 Å². The molecule has 1 rings (SSSR count). The van der Waals surface area contributed by atoms with Gasteiger partial charge in [0.15, 0.2) is 0 Å². The molecular weight excluding hydrogens is 254 g/mol. The molecule has 1 N–H and O–H groups in total. The summed E-state index contributed by atoms with van der Waals surface area (Å²) in [5.74, 6) is 0.0856. The van der Waals surface area contributed by atoms with E-state index in [0.29, 0.717) is 6.42 Å². The Morgan fingerprint density at radius 2 is 2.27 bits per heavy atom. The predicted octanol–water partition coefficient (Wildman–Crippen LogP) is 2.91. The smallest absolute Gasteiger partial charge is 0.224 e. The molecule has 82 valence electrons. The third-order valence-electron chi connectivity index (χ3n) is 2.27. The van der Waals surface area contributed by atoms with Gasteiger partial charge in [0.2, 0.25) is 5.91 Å². The summed E-state index contributed by atoms with van der Waals surface area (Å²) in [6, 6.07) is 8.08. The molecule has 1 aromatic carbocycles. The molecule has 1 aromatic rings. The van der Waals surface area contributed by atoms with Crippen LogP contribution in [0.1, 0.15) is 25.8 Å². The van der Waals surface area contributed by atoms with E-state index in [0.717, 1.165) is 16.5 Å². The second-order valence-electron chi connectivity index (χ2n) is 3.68. The predicted molar refractivity (Wildman–Crippen MR) is 65.7 cm³/mol. The monoisotopic (exact) mass is 269 g/mol. The van der Waals surface area contributed by atoms with Crippen LogP contribution in [-0.4, -0.2) is 11.9 Å². The number of amides is 1. The SMILES string of the molecule is CC[C@H](C)NC(=O)Cc1cccc(Br)c1. The molecule has 0 bridgehead atoms. The van der Waals surface area contributed by atoms with E-state index in [2.05, 4.69) is 28.2 Å². The zero-order chi connectivity index (χ0) is 11.3. The van der Waals surface area contributed by atoms with Gasteiger partial charge in [-0.3, -0.25) is 4.79 Å². The highest BCUT2D eigenvalue weighted by Gasteiger charge is 2.06. The number of hydrogen-bond acceptors (Lipinski definition) is 1. The lowest BCUT2D eigenvalue weighted by atomic mass is 10.1. The molecule has 0 aromatic heterocycles. The molecule has 15 heavy (non-hydrogen) atoms. The van der Waals surface area contributed by atoms with Crippen molar-refractivity contribution < 1.29 is 4.79 Å². The molecule has 0 saturated carbocycles. The minimum absolute atomic E-state index is 0.0856. The van der Waals surface area contributed by atoms with Crippen LogP contribution in [0.5, 0.6) is 0 Å². The highest BCUT2D eigenvalue weighted by atomic mass is 79.9. The van der Waals surface area contributed by atoms with Gasteiger partial charge in [-0.15, -0.1) is 0 Å². The van der Waals surface area contributed by atoms with Gasteiger partial charge in [0, 0.05) is 10.5 Å². The first-order valence-electron chi connectivity index (χ1n) is 5.15. The number of benzene rings is 1. The first-order valence-corrected chi connectivity index (χ1v) is 5.95. The molecule has 0 fully saturated rings. The lowest BCUT2D eigenvalue weighted by Crippen LogP contribution is -2.33. The van der Waals surface area contributed by atoms with E-state index < -0.39 is 0 Å². The number of rotatable bonds is 4. The molecule has 0 spiro atoms. The molecule has 1 amide bonds. The maximum absolute atomic E-state index is 11.6. The molecule has 1 atom stereocenters. The summed E-state index contributed by atoms with van der Waals surface area (Å²) in [6.45, 7) is 4.07. The van der Waals surface area contributed by atoms with Crippen LogP contribution in [0, 0.1) is 0 Å². The maximum Gasteiger partial charge on any atom is 0.224 e. The van der Waals surface area contributed by atoms with E-state index in [4.69, 9.17) is 0 Å². The van der Waals surface area contributed by atoms with Gasteiger partial charge in [0.25, 0.3) is 0 Å². The van der Waals surface area contributed by atoms with E-state index >= 15 is 0 Å². The van der Waals surface area contributed by atoms with Gasteiger partial charge < -0.3 is 5.32 Å². The lowest BCUT2D eigenvalue weighted by molar-refractivity contribution is -0.121. The minimum atomic E-state index is 0.0856. The first kappa shape index (κ1) is 12.2. The van der Waals surface area contributed by atoms with Crippen LogP contribution in [0.25, 0.3) is 0 Å². The van der Waals surface area contributed by atoms with Crippen LogP contribution in [0.2, 0.25) is 0 Å². The van der Waals surface area contributed by atoms with Crippen molar-refractivity contribution in [3.05, 3.63) is 34.3 Å². The van der Waals surface area contributed by atoms with Crippen molar-refractivity contribution in [2.45, 2.75) is 32.7 Å². The third-order valence-corrected chi connectivity index (χ3v) is 2.77. The molecule has 0 radical (unpaired) electrons. The van der Waals surface area contributed by atoms with Crippen molar-refractivity contribution in [2.24, 2.45) is 0 Å².